The Bertz CT molecular complexity index is 307. The Balaban J connectivity index is 2.57. The molecule has 1 heterocycles. The van der Waals surface area contributed by atoms with E-state index in [1.807, 2.05) is 30.8 Å². The van der Waals surface area contributed by atoms with Gasteiger partial charge in [-0.1, -0.05) is 6.92 Å². The molecule has 0 saturated heterocycles. The van der Waals surface area contributed by atoms with Gasteiger partial charge in [0.2, 0.25) is 0 Å². The second kappa shape index (κ2) is 7.39. The van der Waals surface area contributed by atoms with E-state index in [0.717, 1.165) is 23.1 Å². The smallest absolute Gasteiger partial charge is 0.168 e. The molecule has 4 heteroatoms. The zero-order valence-electron chi connectivity index (χ0n) is 10.2. The summed E-state index contributed by atoms with van der Waals surface area (Å²) in [4.78, 5) is 4.30. The first-order chi connectivity index (χ1) is 7.77. The van der Waals surface area contributed by atoms with E-state index in [2.05, 4.69) is 24.1 Å². The van der Waals surface area contributed by atoms with Gasteiger partial charge in [0.05, 0.1) is 6.61 Å². The fourth-order valence-corrected chi connectivity index (χ4v) is 2.01. The average molecular weight is 240 g/mol. The highest BCUT2D eigenvalue weighted by Crippen LogP contribution is 2.21. The molecular formula is C12H20N2OS. The van der Waals surface area contributed by atoms with Gasteiger partial charge in [-0.05, 0) is 31.7 Å². The van der Waals surface area contributed by atoms with Crippen LogP contribution in [-0.2, 0) is 0 Å². The fraction of sp³-hybridized carbons (Fsp3) is 0.583. The molecule has 0 aromatic carbocycles. The molecule has 0 bridgehead atoms. The molecule has 0 aliphatic carbocycles. The van der Waals surface area contributed by atoms with Crippen LogP contribution in [0.2, 0.25) is 0 Å². The Morgan fingerprint density at radius 1 is 1.50 bits per heavy atom. The molecule has 1 atom stereocenters. The molecule has 0 aliphatic heterocycles. The molecule has 1 aromatic rings. The predicted octanol–water partition coefficient (Wildman–Crippen LogP) is 3.03. The van der Waals surface area contributed by atoms with Crippen LogP contribution in [0.3, 0.4) is 0 Å². The van der Waals surface area contributed by atoms with Crippen LogP contribution in [0, 0.1) is 0 Å². The van der Waals surface area contributed by atoms with Crippen molar-refractivity contribution in [1.29, 1.82) is 0 Å². The molecule has 0 fully saturated rings. The third-order valence-electron chi connectivity index (χ3n) is 2.03. The zero-order chi connectivity index (χ0) is 11.8. The van der Waals surface area contributed by atoms with E-state index in [9.17, 15) is 0 Å². The van der Waals surface area contributed by atoms with Gasteiger partial charge in [-0.15, -0.1) is 0 Å². The molecule has 0 spiro atoms. The van der Waals surface area contributed by atoms with Crippen LogP contribution in [0.15, 0.2) is 18.3 Å². The van der Waals surface area contributed by atoms with Crippen molar-refractivity contribution in [1.82, 2.24) is 4.98 Å². The van der Waals surface area contributed by atoms with Gasteiger partial charge in [-0.25, -0.2) is 4.98 Å². The molecule has 0 amide bonds. The van der Waals surface area contributed by atoms with Crippen LogP contribution in [0.5, 0.6) is 5.75 Å². The van der Waals surface area contributed by atoms with Gasteiger partial charge in [-0.3, -0.25) is 0 Å². The standard InChI is InChI=1S/C12H20N2OS/c1-4-15-11-7-6-8-13-12(11)14-10(3)9-16-5-2/h6-8,10H,4-5,9H2,1-3H3,(H,13,14). The first-order valence-electron chi connectivity index (χ1n) is 5.70. The summed E-state index contributed by atoms with van der Waals surface area (Å²) >= 11 is 1.92. The topological polar surface area (TPSA) is 34.1 Å². The molecule has 3 nitrogen and oxygen atoms in total. The molecule has 1 N–H and O–H groups in total. The normalized spacial score (nSPS) is 12.2. The number of anilines is 1. The molecule has 0 aliphatic rings. The summed E-state index contributed by atoms with van der Waals surface area (Å²) in [6, 6.07) is 4.24. The lowest BCUT2D eigenvalue weighted by Crippen LogP contribution is -2.19. The monoisotopic (exact) mass is 240 g/mol. The Morgan fingerprint density at radius 2 is 2.31 bits per heavy atom. The van der Waals surface area contributed by atoms with E-state index in [0.29, 0.717) is 12.6 Å². The summed E-state index contributed by atoms with van der Waals surface area (Å²) in [5.74, 6) is 3.90. The van der Waals surface area contributed by atoms with Gasteiger partial charge in [0, 0.05) is 18.0 Å². The van der Waals surface area contributed by atoms with Gasteiger partial charge >= 0.3 is 0 Å². The highest BCUT2D eigenvalue weighted by molar-refractivity contribution is 7.99. The van der Waals surface area contributed by atoms with Gasteiger partial charge < -0.3 is 10.1 Å². The van der Waals surface area contributed by atoms with E-state index in [1.54, 1.807) is 6.20 Å². The van der Waals surface area contributed by atoms with Crippen LogP contribution < -0.4 is 10.1 Å². The van der Waals surface area contributed by atoms with Crippen molar-refractivity contribution in [3.8, 4) is 5.75 Å². The van der Waals surface area contributed by atoms with Gasteiger partial charge in [0.1, 0.15) is 0 Å². The molecule has 0 radical (unpaired) electrons. The lowest BCUT2D eigenvalue weighted by atomic mass is 10.3. The molecule has 0 saturated carbocycles. The Hall–Kier alpha value is -0.900. The summed E-state index contributed by atoms with van der Waals surface area (Å²) in [6.45, 7) is 6.97. The largest absolute Gasteiger partial charge is 0.490 e. The maximum atomic E-state index is 5.51. The molecule has 1 rings (SSSR count). The van der Waals surface area contributed by atoms with E-state index in [1.165, 1.54) is 0 Å². The van der Waals surface area contributed by atoms with Gasteiger partial charge in [0.25, 0.3) is 0 Å². The number of rotatable bonds is 7. The Morgan fingerprint density at radius 3 is 3.00 bits per heavy atom. The molecule has 1 aromatic heterocycles. The van der Waals surface area contributed by atoms with Crippen LogP contribution >= 0.6 is 11.8 Å². The van der Waals surface area contributed by atoms with E-state index in [4.69, 9.17) is 4.74 Å². The maximum Gasteiger partial charge on any atom is 0.168 e. The van der Waals surface area contributed by atoms with Crippen molar-refractivity contribution in [2.45, 2.75) is 26.8 Å². The van der Waals surface area contributed by atoms with Crippen LogP contribution in [0.4, 0.5) is 5.82 Å². The van der Waals surface area contributed by atoms with Crippen molar-refractivity contribution in [3.05, 3.63) is 18.3 Å². The predicted molar refractivity (Wildman–Crippen MR) is 71.5 cm³/mol. The molecular weight excluding hydrogens is 220 g/mol. The number of hydrogen-bond acceptors (Lipinski definition) is 4. The summed E-state index contributed by atoms with van der Waals surface area (Å²) in [5.41, 5.74) is 0. The highest BCUT2D eigenvalue weighted by Gasteiger charge is 2.07. The first-order valence-corrected chi connectivity index (χ1v) is 6.85. The molecule has 90 valence electrons. The third-order valence-corrected chi connectivity index (χ3v) is 3.17. The quantitative estimate of drug-likeness (QED) is 0.794. The number of hydrogen-bond donors (Lipinski definition) is 1. The number of nitrogens with one attached hydrogen (secondary N) is 1. The van der Waals surface area contributed by atoms with E-state index >= 15 is 0 Å². The number of ether oxygens (including phenoxy) is 1. The Labute approximate surface area is 102 Å². The SMILES string of the molecule is CCOc1cccnc1NC(C)CSCC. The van der Waals surface area contributed by atoms with Crippen molar-refractivity contribution in [2.75, 3.05) is 23.4 Å². The fourth-order valence-electron chi connectivity index (χ4n) is 1.34. The van der Waals surface area contributed by atoms with Crippen molar-refractivity contribution in [2.24, 2.45) is 0 Å². The number of aromatic nitrogens is 1. The van der Waals surface area contributed by atoms with Gasteiger partial charge in [0.15, 0.2) is 11.6 Å². The minimum absolute atomic E-state index is 0.402. The van der Waals surface area contributed by atoms with Gasteiger partial charge in [-0.2, -0.15) is 11.8 Å². The summed E-state index contributed by atoms with van der Waals surface area (Å²) in [6.07, 6.45) is 1.78. The van der Waals surface area contributed by atoms with Crippen molar-refractivity contribution < 1.29 is 4.74 Å². The lowest BCUT2D eigenvalue weighted by Gasteiger charge is -2.16. The Kier molecular flexibility index (Phi) is 6.08. The summed E-state index contributed by atoms with van der Waals surface area (Å²) < 4.78 is 5.51. The zero-order valence-corrected chi connectivity index (χ0v) is 11.0. The number of pyridine rings is 1. The van der Waals surface area contributed by atoms with Crippen LogP contribution in [-0.4, -0.2) is 29.1 Å². The summed E-state index contributed by atoms with van der Waals surface area (Å²) in [7, 11) is 0. The lowest BCUT2D eigenvalue weighted by molar-refractivity contribution is 0.340. The second-order valence-corrected chi connectivity index (χ2v) is 4.81. The second-order valence-electron chi connectivity index (χ2n) is 3.49. The average Bonchev–Trinajstić information content (AvgIpc) is 2.29. The van der Waals surface area contributed by atoms with Crippen LogP contribution in [0.1, 0.15) is 20.8 Å². The summed E-state index contributed by atoms with van der Waals surface area (Å²) in [5, 5.41) is 3.37. The van der Waals surface area contributed by atoms with E-state index < -0.39 is 0 Å². The van der Waals surface area contributed by atoms with Crippen molar-refractivity contribution >= 4 is 17.6 Å². The van der Waals surface area contributed by atoms with Crippen LogP contribution in [0.25, 0.3) is 0 Å². The molecule has 1 unspecified atom stereocenters. The highest BCUT2D eigenvalue weighted by atomic mass is 32.2. The van der Waals surface area contributed by atoms with E-state index in [-0.39, 0.29) is 0 Å². The number of thioether (sulfide) groups is 1. The maximum absolute atomic E-state index is 5.51. The number of nitrogens with zero attached hydrogens (tertiary/aromatic N) is 1. The third kappa shape index (κ3) is 4.31. The molecule has 16 heavy (non-hydrogen) atoms. The first kappa shape index (κ1) is 13.2. The minimum Gasteiger partial charge on any atom is -0.490 e. The minimum atomic E-state index is 0.402. The van der Waals surface area contributed by atoms with Crippen molar-refractivity contribution in [3.63, 3.8) is 0 Å².